The van der Waals surface area contributed by atoms with Crippen LogP contribution in [0.25, 0.3) is 0 Å². The van der Waals surface area contributed by atoms with Crippen LogP contribution >= 0.6 is 9.24 Å². The summed E-state index contributed by atoms with van der Waals surface area (Å²) in [5.41, 5.74) is 4.14. The van der Waals surface area contributed by atoms with Crippen molar-refractivity contribution in [2.45, 2.75) is 69.6 Å². The minimum absolute atomic E-state index is 0. The van der Waals surface area contributed by atoms with Crippen molar-refractivity contribution in [3.05, 3.63) is 108 Å². The standard InChI is InChI=1S/C30H39P.ClH/c31-26-18-7-5-3-1-2-4-6-17-25-30(27-19-11-8-12-20-27,28-21-13-9-14-22-28)29-23-15-10-16-24-29;/h8-16,19-24H,1-7,17-18,25-26,31H2;1H. The van der Waals surface area contributed by atoms with E-state index in [1.54, 1.807) is 0 Å². The number of rotatable bonds is 14. The molecule has 3 aromatic rings. The van der Waals surface area contributed by atoms with Gasteiger partial charge < -0.3 is 12.4 Å². The number of unbranched alkanes of at least 4 members (excludes halogenated alkanes) is 8. The largest absolute Gasteiger partial charge is 1.00 e. The molecule has 0 nitrogen and oxygen atoms in total. The summed E-state index contributed by atoms with van der Waals surface area (Å²) < 4.78 is 0. The van der Waals surface area contributed by atoms with Gasteiger partial charge in [-0.1, -0.05) is 136 Å². The molecule has 0 saturated heterocycles. The molecule has 0 aliphatic carbocycles. The highest BCUT2D eigenvalue weighted by Gasteiger charge is 2.35. The molecule has 0 amide bonds. The fourth-order valence-electron chi connectivity index (χ4n) is 4.91. The van der Waals surface area contributed by atoms with Crippen molar-refractivity contribution in [3.8, 4) is 0 Å². The molecule has 0 aromatic heterocycles. The van der Waals surface area contributed by atoms with Crippen LogP contribution in [0.2, 0.25) is 0 Å². The van der Waals surface area contributed by atoms with Crippen LogP contribution < -0.4 is 12.4 Å². The third kappa shape index (κ3) is 7.47. The van der Waals surface area contributed by atoms with Crippen LogP contribution in [-0.4, -0.2) is 6.16 Å². The van der Waals surface area contributed by atoms with E-state index in [0.717, 1.165) is 6.42 Å². The Hall–Kier alpha value is -1.62. The molecular formula is C30H40ClP. The predicted octanol–water partition coefficient (Wildman–Crippen LogP) is 5.53. The zero-order valence-corrected chi connectivity index (χ0v) is 21.7. The summed E-state index contributed by atoms with van der Waals surface area (Å²) in [7, 11) is 2.11. The first-order valence-electron chi connectivity index (χ1n) is 12.3. The van der Waals surface area contributed by atoms with Crippen molar-refractivity contribution in [3.63, 3.8) is 0 Å². The van der Waals surface area contributed by atoms with Gasteiger partial charge in [-0.05, 0) is 45.2 Å². The maximum Gasteiger partial charge on any atom is 0.0526 e. The lowest BCUT2D eigenvalue weighted by atomic mass is 9.66. The molecule has 0 heterocycles. The summed E-state index contributed by atoms with van der Waals surface area (Å²) in [5.74, 6) is 0. The zero-order chi connectivity index (χ0) is 21.6. The Bertz CT molecular complexity index is 736. The minimum atomic E-state index is -0.0788. The van der Waals surface area contributed by atoms with Crippen molar-refractivity contribution in [1.29, 1.82) is 0 Å². The lowest BCUT2D eigenvalue weighted by molar-refractivity contribution is -0.00000621. The summed E-state index contributed by atoms with van der Waals surface area (Å²) in [6.45, 7) is 0. The summed E-state index contributed by atoms with van der Waals surface area (Å²) in [6.07, 6.45) is 15.0. The number of benzene rings is 3. The van der Waals surface area contributed by atoms with Crippen LogP contribution in [0, 0.1) is 0 Å². The second kappa shape index (κ2) is 15.3. The number of halogens is 1. The van der Waals surface area contributed by atoms with Gasteiger partial charge in [0.25, 0.3) is 0 Å². The highest BCUT2D eigenvalue weighted by molar-refractivity contribution is 7.16. The van der Waals surface area contributed by atoms with E-state index in [0.29, 0.717) is 0 Å². The smallest absolute Gasteiger partial charge is 0.0526 e. The van der Waals surface area contributed by atoms with Gasteiger partial charge in [-0.2, -0.15) is 0 Å². The highest BCUT2D eigenvalue weighted by Crippen LogP contribution is 2.43. The molecule has 3 aromatic carbocycles. The average Bonchev–Trinajstić information content (AvgIpc) is 2.84. The molecule has 2 heteroatoms. The maximum atomic E-state index is 2.32. The Balaban J connectivity index is 0.00000363. The third-order valence-corrected chi connectivity index (χ3v) is 7.10. The lowest BCUT2D eigenvalue weighted by Crippen LogP contribution is -3.00. The van der Waals surface area contributed by atoms with Gasteiger partial charge in [0.1, 0.15) is 0 Å². The van der Waals surface area contributed by atoms with E-state index in [1.165, 1.54) is 80.6 Å². The van der Waals surface area contributed by atoms with Crippen LogP contribution in [0.5, 0.6) is 0 Å². The fraction of sp³-hybridized carbons (Fsp3) is 0.400. The van der Waals surface area contributed by atoms with Crippen LogP contribution in [0.3, 0.4) is 0 Å². The number of hydrogen-bond donors (Lipinski definition) is 0. The molecule has 172 valence electrons. The van der Waals surface area contributed by atoms with Gasteiger partial charge >= 0.3 is 0 Å². The topological polar surface area (TPSA) is 0 Å². The summed E-state index contributed by atoms with van der Waals surface area (Å²) >= 11 is 0. The Kier molecular flexibility index (Phi) is 12.7. The summed E-state index contributed by atoms with van der Waals surface area (Å²) in [4.78, 5) is 0. The molecule has 1 atom stereocenters. The summed E-state index contributed by atoms with van der Waals surface area (Å²) in [6, 6.07) is 33.4. The third-order valence-electron chi connectivity index (χ3n) is 6.60. The molecular weight excluding hydrogens is 427 g/mol. The normalized spacial score (nSPS) is 11.2. The first-order valence-corrected chi connectivity index (χ1v) is 13.3. The second-order valence-electron chi connectivity index (χ2n) is 8.79. The van der Waals surface area contributed by atoms with Gasteiger partial charge in [0.2, 0.25) is 0 Å². The van der Waals surface area contributed by atoms with E-state index < -0.39 is 0 Å². The average molecular weight is 467 g/mol. The maximum absolute atomic E-state index is 2.32. The van der Waals surface area contributed by atoms with Crippen molar-refractivity contribution in [2.24, 2.45) is 0 Å². The predicted molar refractivity (Wildman–Crippen MR) is 141 cm³/mol. The van der Waals surface area contributed by atoms with Gasteiger partial charge in [0, 0.05) is 5.41 Å². The molecule has 1 unspecified atom stereocenters. The first kappa shape index (κ1) is 26.6. The lowest BCUT2D eigenvalue weighted by Gasteiger charge is -2.36. The van der Waals surface area contributed by atoms with E-state index in [2.05, 4.69) is 100 Å². The number of hydrogen-bond acceptors (Lipinski definition) is 0. The molecule has 0 bridgehead atoms. The van der Waals surface area contributed by atoms with Crippen LogP contribution in [0.4, 0.5) is 0 Å². The van der Waals surface area contributed by atoms with E-state index in [4.69, 9.17) is 0 Å². The molecule has 0 fully saturated rings. The van der Waals surface area contributed by atoms with Crippen LogP contribution in [0.1, 0.15) is 80.9 Å². The molecule has 32 heavy (non-hydrogen) atoms. The Morgan fingerprint density at radius 1 is 0.438 bits per heavy atom. The monoisotopic (exact) mass is 466 g/mol. The van der Waals surface area contributed by atoms with E-state index >= 15 is 0 Å². The Morgan fingerprint density at radius 3 is 1.09 bits per heavy atom. The van der Waals surface area contributed by atoms with Gasteiger partial charge in [0.15, 0.2) is 0 Å². The zero-order valence-electron chi connectivity index (χ0n) is 19.5. The molecule has 3 rings (SSSR count). The van der Waals surface area contributed by atoms with Crippen molar-refractivity contribution < 1.29 is 12.4 Å². The van der Waals surface area contributed by atoms with Crippen molar-refractivity contribution in [1.82, 2.24) is 0 Å². The minimum Gasteiger partial charge on any atom is -1.00 e. The molecule has 0 N–H and O–H groups in total. The Labute approximate surface area is 204 Å². The van der Waals surface area contributed by atoms with E-state index in [1.807, 2.05) is 0 Å². The summed E-state index contributed by atoms with van der Waals surface area (Å²) in [5, 5.41) is 0. The molecule has 0 saturated carbocycles. The molecule has 0 aliphatic heterocycles. The van der Waals surface area contributed by atoms with Crippen LogP contribution in [-0.2, 0) is 5.41 Å². The van der Waals surface area contributed by atoms with Gasteiger partial charge in [-0.3, -0.25) is 0 Å². The van der Waals surface area contributed by atoms with Gasteiger partial charge in [-0.25, -0.2) is 0 Å². The van der Waals surface area contributed by atoms with E-state index in [-0.39, 0.29) is 17.8 Å². The van der Waals surface area contributed by atoms with Gasteiger partial charge in [0.05, 0.1) is 6.16 Å². The van der Waals surface area contributed by atoms with Crippen LogP contribution in [0.15, 0.2) is 91.0 Å². The second-order valence-corrected chi connectivity index (χ2v) is 9.50. The molecule has 0 spiro atoms. The van der Waals surface area contributed by atoms with Crippen molar-refractivity contribution >= 4 is 9.24 Å². The first-order chi connectivity index (χ1) is 15.4. The SMILES string of the molecule is [Cl-].[PH3+]CCCCCCCCCCCC(c1ccccc1)(c1ccccc1)c1ccccc1. The Morgan fingerprint density at radius 2 is 0.750 bits per heavy atom. The van der Waals surface area contributed by atoms with Gasteiger partial charge in [-0.15, -0.1) is 0 Å². The molecule has 0 aliphatic rings. The van der Waals surface area contributed by atoms with E-state index in [9.17, 15) is 0 Å². The fourth-order valence-corrected chi connectivity index (χ4v) is 5.26. The molecule has 0 radical (unpaired) electrons. The highest BCUT2D eigenvalue weighted by atomic mass is 35.5. The van der Waals surface area contributed by atoms with Crippen molar-refractivity contribution in [2.75, 3.05) is 6.16 Å². The quantitative estimate of drug-likeness (QED) is 0.166.